The largest absolute Gasteiger partial charge is 0.308 e. The Hall–Kier alpha value is -2.13. The zero-order valence-electron chi connectivity index (χ0n) is 14.2. The van der Waals surface area contributed by atoms with Crippen LogP contribution in [-0.4, -0.2) is 25.9 Å². The molecule has 2 aromatic carbocycles. The lowest BCUT2D eigenvalue weighted by molar-refractivity contribution is 0.0989. The number of benzene rings is 2. The average Bonchev–Trinajstić information content (AvgIpc) is 3.31. The molecule has 1 aliphatic rings. The fourth-order valence-corrected chi connectivity index (χ4v) is 5.22. The number of anilines is 2. The first-order valence-electron chi connectivity index (χ1n) is 8.17. The second kappa shape index (κ2) is 7.36. The summed E-state index contributed by atoms with van der Waals surface area (Å²) in [6, 6.07) is 9.41. The van der Waals surface area contributed by atoms with Crippen molar-refractivity contribution in [1.82, 2.24) is 4.98 Å². The summed E-state index contributed by atoms with van der Waals surface area (Å²) >= 11 is 13.3. The molecular formula is C18H13Cl2N3O3S2. The summed E-state index contributed by atoms with van der Waals surface area (Å²) in [5, 5.41) is 2.72. The Morgan fingerprint density at radius 3 is 2.75 bits per heavy atom. The van der Waals surface area contributed by atoms with E-state index in [1.807, 2.05) is 0 Å². The molecule has 6 nitrogen and oxygen atoms in total. The van der Waals surface area contributed by atoms with E-state index in [0.29, 0.717) is 39.4 Å². The van der Waals surface area contributed by atoms with Crippen LogP contribution in [0, 0.1) is 0 Å². The maximum atomic E-state index is 12.9. The molecular weight excluding hydrogens is 441 g/mol. The molecule has 0 unspecified atom stereocenters. The second-order valence-corrected chi connectivity index (χ2v) is 9.48. The summed E-state index contributed by atoms with van der Waals surface area (Å²) < 4.78 is 27.6. The van der Waals surface area contributed by atoms with E-state index in [1.54, 1.807) is 34.5 Å². The van der Waals surface area contributed by atoms with Crippen LogP contribution in [0.4, 0.5) is 10.8 Å². The first-order chi connectivity index (χ1) is 13.3. The van der Waals surface area contributed by atoms with Crippen LogP contribution in [0.15, 0.2) is 52.9 Å². The van der Waals surface area contributed by atoms with Gasteiger partial charge in [0.25, 0.3) is 15.9 Å². The Bertz CT molecular complexity index is 1160. The molecule has 1 aliphatic heterocycles. The Labute approximate surface area is 175 Å². The molecule has 1 amide bonds. The molecule has 0 aliphatic carbocycles. The monoisotopic (exact) mass is 453 g/mol. The number of nitrogens with one attached hydrogen (secondary N) is 1. The van der Waals surface area contributed by atoms with Gasteiger partial charge in [0.2, 0.25) is 0 Å². The highest BCUT2D eigenvalue weighted by atomic mass is 35.5. The zero-order valence-corrected chi connectivity index (χ0v) is 17.4. The molecule has 0 spiro atoms. The number of aromatic nitrogens is 1. The maximum absolute atomic E-state index is 12.9. The lowest BCUT2D eigenvalue weighted by Gasteiger charge is -2.18. The molecule has 0 radical (unpaired) electrons. The van der Waals surface area contributed by atoms with E-state index in [9.17, 15) is 13.2 Å². The smallest absolute Gasteiger partial charge is 0.263 e. The second-order valence-electron chi connectivity index (χ2n) is 6.06. The number of nitrogens with zero attached hydrogens (tertiary/aromatic N) is 2. The van der Waals surface area contributed by atoms with Crippen LogP contribution < -0.4 is 9.62 Å². The van der Waals surface area contributed by atoms with Crippen molar-refractivity contribution in [3.63, 3.8) is 0 Å². The van der Waals surface area contributed by atoms with Crippen molar-refractivity contribution in [3.8, 4) is 0 Å². The van der Waals surface area contributed by atoms with E-state index >= 15 is 0 Å². The lowest BCUT2D eigenvalue weighted by Crippen LogP contribution is -2.29. The molecule has 144 valence electrons. The number of rotatable bonds is 4. The van der Waals surface area contributed by atoms with E-state index in [2.05, 4.69) is 9.71 Å². The Balaban J connectivity index is 1.63. The Morgan fingerprint density at radius 1 is 1.18 bits per heavy atom. The summed E-state index contributed by atoms with van der Waals surface area (Å²) in [4.78, 5) is 18.6. The van der Waals surface area contributed by atoms with Gasteiger partial charge >= 0.3 is 0 Å². The van der Waals surface area contributed by atoms with Gasteiger partial charge in [0, 0.05) is 28.8 Å². The molecule has 28 heavy (non-hydrogen) atoms. The minimum absolute atomic E-state index is 0.122. The number of thiazole rings is 1. The summed E-state index contributed by atoms with van der Waals surface area (Å²) in [5.74, 6) is -0.275. The number of carbonyl (C=O) groups is 1. The van der Waals surface area contributed by atoms with Gasteiger partial charge in [-0.25, -0.2) is 13.4 Å². The number of halogens is 2. The summed E-state index contributed by atoms with van der Waals surface area (Å²) in [6.07, 6.45) is 2.07. The summed E-state index contributed by atoms with van der Waals surface area (Å²) in [7, 11) is -3.75. The fraction of sp³-hybridized carbons (Fsp3) is 0.111. The van der Waals surface area contributed by atoms with Crippen LogP contribution in [-0.2, 0) is 16.4 Å². The van der Waals surface area contributed by atoms with Crippen molar-refractivity contribution >= 4 is 61.3 Å². The first-order valence-corrected chi connectivity index (χ1v) is 11.3. The van der Waals surface area contributed by atoms with Crippen molar-refractivity contribution in [1.29, 1.82) is 0 Å². The van der Waals surface area contributed by atoms with E-state index < -0.39 is 10.0 Å². The standard InChI is InChI=1S/C18H13Cl2N3O3S2/c19-12-1-3-15(20)14(10-12)17(24)23-7-5-11-9-13(2-4-16(11)23)28(25,26)22-18-21-6-8-27-18/h1-4,6,8-10H,5,7H2,(H,21,22). The number of carbonyl (C=O) groups excluding carboxylic acids is 1. The molecule has 0 bridgehead atoms. The molecule has 10 heteroatoms. The van der Waals surface area contributed by atoms with E-state index in [-0.39, 0.29) is 10.8 Å². The molecule has 4 rings (SSSR count). The third kappa shape index (κ3) is 3.60. The van der Waals surface area contributed by atoms with Gasteiger partial charge in [-0.2, -0.15) is 0 Å². The van der Waals surface area contributed by atoms with Gasteiger partial charge in [0.1, 0.15) is 0 Å². The zero-order chi connectivity index (χ0) is 19.9. The Kier molecular flexibility index (Phi) is 5.05. The molecule has 0 atom stereocenters. The van der Waals surface area contributed by atoms with E-state index in [4.69, 9.17) is 23.2 Å². The third-order valence-corrected chi connectivity index (χ3v) is 7.03. The number of fused-ring (bicyclic) bond motifs is 1. The highest BCUT2D eigenvalue weighted by Gasteiger charge is 2.28. The number of amides is 1. The first kappa shape index (κ1) is 19.2. The number of hydrogen-bond acceptors (Lipinski definition) is 5. The highest BCUT2D eigenvalue weighted by molar-refractivity contribution is 7.93. The van der Waals surface area contributed by atoms with Gasteiger partial charge in [-0.15, -0.1) is 11.3 Å². The molecule has 0 saturated heterocycles. The quantitative estimate of drug-likeness (QED) is 0.632. The topological polar surface area (TPSA) is 79.4 Å². The van der Waals surface area contributed by atoms with Gasteiger partial charge in [-0.3, -0.25) is 9.52 Å². The predicted molar refractivity (Wildman–Crippen MR) is 111 cm³/mol. The average molecular weight is 454 g/mol. The fourth-order valence-electron chi connectivity index (χ4n) is 3.01. The molecule has 3 aromatic rings. The number of hydrogen-bond donors (Lipinski definition) is 1. The highest BCUT2D eigenvalue weighted by Crippen LogP contribution is 2.33. The third-order valence-electron chi connectivity index (χ3n) is 4.31. The Morgan fingerprint density at radius 2 is 2.00 bits per heavy atom. The summed E-state index contributed by atoms with van der Waals surface area (Å²) in [5.41, 5.74) is 1.74. The predicted octanol–water partition coefficient (Wildman–Crippen LogP) is 4.45. The van der Waals surface area contributed by atoms with Gasteiger partial charge < -0.3 is 4.90 Å². The minimum Gasteiger partial charge on any atom is -0.308 e. The van der Waals surface area contributed by atoms with E-state index in [0.717, 1.165) is 5.56 Å². The van der Waals surface area contributed by atoms with Crippen molar-refractivity contribution in [2.45, 2.75) is 11.3 Å². The molecule has 0 saturated carbocycles. The van der Waals surface area contributed by atoms with Gasteiger partial charge in [-0.1, -0.05) is 23.2 Å². The molecule has 2 heterocycles. The van der Waals surface area contributed by atoms with Crippen LogP contribution in [0.25, 0.3) is 0 Å². The van der Waals surface area contributed by atoms with E-state index in [1.165, 1.54) is 29.7 Å². The van der Waals surface area contributed by atoms with Crippen molar-refractivity contribution in [3.05, 3.63) is 69.1 Å². The molecule has 1 N–H and O–H groups in total. The normalized spacial score (nSPS) is 13.4. The van der Waals surface area contributed by atoms with Gasteiger partial charge in [0.15, 0.2) is 5.13 Å². The van der Waals surface area contributed by atoms with Crippen molar-refractivity contribution < 1.29 is 13.2 Å². The lowest BCUT2D eigenvalue weighted by atomic mass is 10.1. The molecule has 0 fully saturated rings. The summed E-state index contributed by atoms with van der Waals surface area (Å²) in [6.45, 7) is 0.431. The van der Waals surface area contributed by atoms with Crippen molar-refractivity contribution in [2.24, 2.45) is 0 Å². The van der Waals surface area contributed by atoms with Crippen LogP contribution >= 0.6 is 34.5 Å². The SMILES string of the molecule is O=C(c1cc(Cl)ccc1Cl)N1CCc2cc(S(=O)(=O)Nc3nccs3)ccc21. The maximum Gasteiger partial charge on any atom is 0.263 e. The van der Waals surface area contributed by atoms with Gasteiger partial charge in [-0.05, 0) is 48.4 Å². The van der Waals surface area contributed by atoms with Crippen LogP contribution in [0.3, 0.4) is 0 Å². The minimum atomic E-state index is -3.75. The molecule has 1 aromatic heterocycles. The van der Waals surface area contributed by atoms with Gasteiger partial charge in [0.05, 0.1) is 15.5 Å². The number of sulfonamides is 1. The van der Waals surface area contributed by atoms with Crippen molar-refractivity contribution in [2.75, 3.05) is 16.2 Å². The van der Waals surface area contributed by atoms with Crippen LogP contribution in [0.1, 0.15) is 15.9 Å². The van der Waals surface area contributed by atoms with Crippen LogP contribution in [0.2, 0.25) is 10.0 Å². The van der Waals surface area contributed by atoms with Crippen LogP contribution in [0.5, 0.6) is 0 Å².